The fourth-order valence-corrected chi connectivity index (χ4v) is 2.99. The van der Waals surface area contributed by atoms with E-state index in [1.165, 1.54) is 0 Å². The number of amides is 1. The van der Waals surface area contributed by atoms with E-state index in [4.69, 9.17) is 9.47 Å². The number of hydrogen-bond donors (Lipinski definition) is 1. The second-order valence-electron chi connectivity index (χ2n) is 5.43. The van der Waals surface area contributed by atoms with Gasteiger partial charge in [-0.05, 0) is 53.4 Å². The molecule has 0 spiro atoms. The van der Waals surface area contributed by atoms with Crippen LogP contribution < -0.4 is 10.1 Å². The van der Waals surface area contributed by atoms with Gasteiger partial charge in [0.05, 0.1) is 4.47 Å². The van der Waals surface area contributed by atoms with E-state index in [1.807, 2.05) is 19.1 Å². The summed E-state index contributed by atoms with van der Waals surface area (Å²) in [6.07, 6.45) is 4.29. The van der Waals surface area contributed by atoms with E-state index in [0.29, 0.717) is 5.75 Å². The number of carbonyl (C=O) groups is 2. The summed E-state index contributed by atoms with van der Waals surface area (Å²) >= 11 is 3.37. The number of aryl methyl sites for hydroxylation is 1. The van der Waals surface area contributed by atoms with Gasteiger partial charge in [-0.3, -0.25) is 4.79 Å². The summed E-state index contributed by atoms with van der Waals surface area (Å²) in [6, 6.07) is 5.79. The van der Waals surface area contributed by atoms with Crippen molar-refractivity contribution in [2.45, 2.75) is 38.6 Å². The Morgan fingerprint density at radius 3 is 2.68 bits per heavy atom. The predicted octanol–water partition coefficient (Wildman–Crippen LogP) is 2.74. The molecular weight excluding hydrogens is 350 g/mol. The standard InChI is InChI=1S/C16H20BrNO4/c1-11-6-7-14(13(17)8-11)21-10-16(20)22-9-15(19)18-12-4-2-3-5-12/h6-8,12H,2-5,9-10H2,1H3,(H,18,19). The summed E-state index contributed by atoms with van der Waals surface area (Å²) in [5.74, 6) is -0.247. The highest BCUT2D eigenvalue weighted by molar-refractivity contribution is 9.10. The fraction of sp³-hybridized carbons (Fsp3) is 0.500. The van der Waals surface area contributed by atoms with Crippen LogP contribution in [0.1, 0.15) is 31.2 Å². The molecule has 0 atom stereocenters. The number of ether oxygens (including phenoxy) is 2. The molecule has 5 nitrogen and oxygen atoms in total. The van der Waals surface area contributed by atoms with Crippen molar-refractivity contribution < 1.29 is 19.1 Å². The molecule has 0 bridgehead atoms. The Hall–Kier alpha value is -1.56. The third-order valence-corrected chi connectivity index (χ3v) is 4.14. The van der Waals surface area contributed by atoms with Crippen LogP contribution in [0.3, 0.4) is 0 Å². The van der Waals surface area contributed by atoms with E-state index in [2.05, 4.69) is 21.2 Å². The maximum atomic E-state index is 11.6. The highest BCUT2D eigenvalue weighted by Crippen LogP contribution is 2.25. The van der Waals surface area contributed by atoms with Gasteiger partial charge >= 0.3 is 5.97 Å². The van der Waals surface area contributed by atoms with Crippen LogP contribution in [0.25, 0.3) is 0 Å². The normalized spacial score (nSPS) is 14.6. The fourth-order valence-electron chi connectivity index (χ4n) is 2.39. The minimum atomic E-state index is -0.561. The highest BCUT2D eigenvalue weighted by Gasteiger charge is 2.18. The summed E-state index contributed by atoms with van der Waals surface area (Å²) in [7, 11) is 0. The van der Waals surface area contributed by atoms with Crippen molar-refractivity contribution in [2.24, 2.45) is 0 Å². The number of carbonyl (C=O) groups excluding carboxylic acids is 2. The van der Waals surface area contributed by atoms with Crippen LogP contribution in [0.2, 0.25) is 0 Å². The van der Waals surface area contributed by atoms with E-state index in [9.17, 15) is 9.59 Å². The number of benzene rings is 1. The second-order valence-corrected chi connectivity index (χ2v) is 6.29. The SMILES string of the molecule is Cc1ccc(OCC(=O)OCC(=O)NC2CCCC2)c(Br)c1. The van der Waals surface area contributed by atoms with Gasteiger partial charge in [-0.1, -0.05) is 18.9 Å². The van der Waals surface area contributed by atoms with Crippen LogP contribution in [-0.2, 0) is 14.3 Å². The third kappa shape index (κ3) is 5.33. The zero-order valence-corrected chi connectivity index (χ0v) is 14.1. The van der Waals surface area contributed by atoms with Gasteiger partial charge in [-0.2, -0.15) is 0 Å². The molecule has 0 unspecified atom stereocenters. The molecule has 22 heavy (non-hydrogen) atoms. The molecule has 1 saturated carbocycles. The Balaban J connectivity index is 1.68. The molecule has 1 fully saturated rings. The molecule has 0 aliphatic heterocycles. The largest absolute Gasteiger partial charge is 0.481 e. The van der Waals surface area contributed by atoms with Crippen molar-refractivity contribution >= 4 is 27.8 Å². The van der Waals surface area contributed by atoms with Gasteiger partial charge in [0.15, 0.2) is 13.2 Å². The van der Waals surface area contributed by atoms with E-state index in [-0.39, 0.29) is 25.2 Å². The maximum Gasteiger partial charge on any atom is 0.344 e. The average molecular weight is 370 g/mol. The minimum absolute atomic E-state index is 0.224. The summed E-state index contributed by atoms with van der Waals surface area (Å²) in [5, 5.41) is 2.86. The third-order valence-electron chi connectivity index (χ3n) is 3.52. The molecule has 0 aromatic heterocycles. The molecule has 1 amide bonds. The lowest BCUT2D eigenvalue weighted by Gasteiger charge is -2.12. The van der Waals surface area contributed by atoms with Crippen molar-refractivity contribution in [1.82, 2.24) is 5.32 Å². The van der Waals surface area contributed by atoms with Crippen LogP contribution in [0.5, 0.6) is 5.75 Å². The molecule has 2 rings (SSSR count). The highest BCUT2D eigenvalue weighted by atomic mass is 79.9. The molecular formula is C16H20BrNO4. The topological polar surface area (TPSA) is 64.6 Å². The number of hydrogen-bond acceptors (Lipinski definition) is 4. The van der Waals surface area contributed by atoms with Gasteiger partial charge in [0.25, 0.3) is 5.91 Å². The van der Waals surface area contributed by atoms with Crippen molar-refractivity contribution in [3.63, 3.8) is 0 Å². The van der Waals surface area contributed by atoms with Crippen LogP contribution in [0, 0.1) is 6.92 Å². The molecule has 0 heterocycles. The summed E-state index contributed by atoms with van der Waals surface area (Å²) in [5.41, 5.74) is 1.09. The number of esters is 1. The predicted molar refractivity (Wildman–Crippen MR) is 85.7 cm³/mol. The lowest BCUT2D eigenvalue weighted by atomic mass is 10.2. The Morgan fingerprint density at radius 2 is 2.00 bits per heavy atom. The zero-order chi connectivity index (χ0) is 15.9. The smallest absolute Gasteiger partial charge is 0.344 e. The Bertz CT molecular complexity index is 541. The van der Waals surface area contributed by atoms with Crippen molar-refractivity contribution in [2.75, 3.05) is 13.2 Å². The lowest BCUT2D eigenvalue weighted by molar-refractivity contribution is -0.150. The first kappa shape index (κ1) is 16.8. The summed E-state index contributed by atoms with van der Waals surface area (Å²) < 4.78 is 11.1. The monoisotopic (exact) mass is 369 g/mol. The van der Waals surface area contributed by atoms with Gasteiger partial charge in [-0.15, -0.1) is 0 Å². The molecule has 120 valence electrons. The number of rotatable bonds is 6. The quantitative estimate of drug-likeness (QED) is 0.783. The van der Waals surface area contributed by atoms with Gasteiger partial charge < -0.3 is 14.8 Å². The molecule has 1 aliphatic rings. The van der Waals surface area contributed by atoms with Crippen molar-refractivity contribution in [3.05, 3.63) is 28.2 Å². The molecule has 1 aromatic rings. The van der Waals surface area contributed by atoms with Gasteiger partial charge in [-0.25, -0.2) is 4.79 Å². The zero-order valence-electron chi connectivity index (χ0n) is 12.6. The number of halogens is 1. The van der Waals surface area contributed by atoms with Crippen LogP contribution >= 0.6 is 15.9 Å². The van der Waals surface area contributed by atoms with Crippen molar-refractivity contribution in [1.29, 1.82) is 0 Å². The van der Waals surface area contributed by atoms with Crippen molar-refractivity contribution in [3.8, 4) is 5.75 Å². The summed E-state index contributed by atoms with van der Waals surface area (Å²) in [6.45, 7) is 1.48. The molecule has 1 aliphatic carbocycles. The van der Waals surface area contributed by atoms with Crippen LogP contribution in [0.4, 0.5) is 0 Å². The molecule has 0 saturated heterocycles. The Kier molecular flexibility index (Phi) is 6.24. The number of nitrogens with one attached hydrogen (secondary N) is 1. The molecule has 1 N–H and O–H groups in total. The first-order chi connectivity index (χ1) is 10.5. The second kappa shape index (κ2) is 8.17. The molecule has 0 radical (unpaired) electrons. The Morgan fingerprint density at radius 1 is 1.27 bits per heavy atom. The van der Waals surface area contributed by atoms with E-state index >= 15 is 0 Å². The average Bonchev–Trinajstić information content (AvgIpc) is 2.97. The molecule has 6 heteroatoms. The van der Waals surface area contributed by atoms with Gasteiger partial charge in [0.2, 0.25) is 0 Å². The van der Waals surface area contributed by atoms with Gasteiger partial charge in [0.1, 0.15) is 5.75 Å². The maximum absolute atomic E-state index is 11.6. The molecule has 1 aromatic carbocycles. The lowest BCUT2D eigenvalue weighted by Crippen LogP contribution is -2.36. The minimum Gasteiger partial charge on any atom is -0.481 e. The Labute approximate surface area is 138 Å². The van der Waals surface area contributed by atoms with E-state index in [1.54, 1.807) is 6.07 Å². The van der Waals surface area contributed by atoms with Crippen LogP contribution in [-0.4, -0.2) is 31.1 Å². The summed E-state index contributed by atoms with van der Waals surface area (Å²) in [4.78, 5) is 23.2. The van der Waals surface area contributed by atoms with Crippen LogP contribution in [0.15, 0.2) is 22.7 Å². The van der Waals surface area contributed by atoms with Gasteiger partial charge in [0, 0.05) is 6.04 Å². The van der Waals surface area contributed by atoms with E-state index < -0.39 is 5.97 Å². The first-order valence-electron chi connectivity index (χ1n) is 7.38. The first-order valence-corrected chi connectivity index (χ1v) is 8.18. The van der Waals surface area contributed by atoms with E-state index in [0.717, 1.165) is 35.7 Å².